The fraction of sp³-hybridized carbons (Fsp3) is 0.438. The van der Waals surface area contributed by atoms with Gasteiger partial charge in [0.05, 0.1) is 6.61 Å². The third-order valence-electron chi connectivity index (χ3n) is 3.45. The molecule has 0 saturated heterocycles. The molecule has 1 aliphatic rings. The van der Waals surface area contributed by atoms with Gasteiger partial charge in [-0.15, -0.1) is 0 Å². The Balaban J connectivity index is 1.80. The Morgan fingerprint density at radius 2 is 1.82 bits per heavy atom. The predicted octanol–water partition coefficient (Wildman–Crippen LogP) is 1.97. The summed E-state index contributed by atoms with van der Waals surface area (Å²) in [4.78, 5) is 35.2. The van der Waals surface area contributed by atoms with Crippen molar-refractivity contribution in [1.29, 1.82) is 0 Å². The van der Waals surface area contributed by atoms with Crippen LogP contribution in [-0.2, 0) is 25.7 Å². The molecular weight excluding hydrogens is 286 g/mol. The van der Waals surface area contributed by atoms with Gasteiger partial charge >= 0.3 is 12.1 Å². The number of alkyl carbamates (subject to hydrolysis) is 1. The fourth-order valence-corrected chi connectivity index (χ4v) is 2.07. The van der Waals surface area contributed by atoms with E-state index in [9.17, 15) is 14.4 Å². The fourth-order valence-electron chi connectivity index (χ4n) is 2.07. The van der Waals surface area contributed by atoms with Crippen LogP contribution >= 0.6 is 0 Å². The van der Waals surface area contributed by atoms with E-state index in [2.05, 4.69) is 5.32 Å². The molecule has 118 valence electrons. The minimum atomic E-state index is -0.958. The number of ketones is 1. The van der Waals surface area contributed by atoms with Crippen molar-refractivity contribution in [3.63, 3.8) is 0 Å². The molecule has 2 rings (SSSR count). The molecule has 1 N–H and O–H groups in total. The number of carbonyl (C=O) groups is 3. The molecule has 0 aromatic heterocycles. The van der Waals surface area contributed by atoms with Gasteiger partial charge in [-0.2, -0.15) is 0 Å². The van der Waals surface area contributed by atoms with Crippen LogP contribution in [0, 0.1) is 0 Å². The molecule has 0 spiro atoms. The smallest absolute Gasteiger partial charge is 0.408 e. The molecule has 1 aromatic carbocycles. The molecular formula is C16H19NO5. The molecule has 1 aliphatic carbocycles. The highest BCUT2D eigenvalue weighted by Crippen LogP contribution is 2.37. The zero-order chi connectivity index (χ0) is 16.0. The number of nitrogens with one attached hydrogen (secondary N) is 1. The van der Waals surface area contributed by atoms with Crippen molar-refractivity contribution < 1.29 is 23.9 Å². The minimum Gasteiger partial charge on any atom is -0.466 e. The first-order chi connectivity index (χ1) is 10.6. The van der Waals surface area contributed by atoms with Crippen molar-refractivity contribution in [2.75, 3.05) is 6.61 Å². The molecule has 1 amide bonds. The molecule has 0 radical (unpaired) electrons. The van der Waals surface area contributed by atoms with E-state index in [1.807, 2.05) is 30.3 Å². The van der Waals surface area contributed by atoms with Gasteiger partial charge < -0.3 is 14.8 Å². The third kappa shape index (κ3) is 4.31. The lowest BCUT2D eigenvalue weighted by Gasteiger charge is -2.15. The number of ether oxygens (including phenoxy) is 2. The van der Waals surface area contributed by atoms with Crippen LogP contribution in [-0.4, -0.2) is 30.0 Å². The van der Waals surface area contributed by atoms with Crippen LogP contribution in [0.5, 0.6) is 0 Å². The molecule has 0 aliphatic heterocycles. The Bertz CT molecular complexity index is 551. The van der Waals surface area contributed by atoms with Crippen molar-refractivity contribution >= 4 is 17.8 Å². The van der Waals surface area contributed by atoms with Crippen molar-refractivity contribution in [2.24, 2.45) is 0 Å². The second-order valence-electron chi connectivity index (χ2n) is 5.17. The quantitative estimate of drug-likeness (QED) is 0.615. The van der Waals surface area contributed by atoms with Crippen LogP contribution in [0.4, 0.5) is 4.79 Å². The molecule has 6 nitrogen and oxygen atoms in total. The maximum atomic E-state index is 12.1. The van der Waals surface area contributed by atoms with Crippen LogP contribution in [0.15, 0.2) is 30.3 Å². The summed E-state index contributed by atoms with van der Waals surface area (Å²) < 4.78 is 9.83. The summed E-state index contributed by atoms with van der Waals surface area (Å²) in [7, 11) is 0. The topological polar surface area (TPSA) is 81.7 Å². The Labute approximate surface area is 128 Å². The summed E-state index contributed by atoms with van der Waals surface area (Å²) in [6.07, 6.45) is 0.0583. The third-order valence-corrected chi connectivity index (χ3v) is 3.45. The van der Waals surface area contributed by atoms with E-state index in [1.165, 1.54) is 0 Å². The first-order valence-electron chi connectivity index (χ1n) is 7.23. The summed E-state index contributed by atoms with van der Waals surface area (Å²) in [5, 5.41) is 2.57. The summed E-state index contributed by atoms with van der Waals surface area (Å²) in [5.41, 5.74) is -0.0964. The SMILES string of the molecule is CCOC(=O)CC(=O)C1(NC(=O)OCc2ccccc2)CC1. The van der Waals surface area contributed by atoms with E-state index in [-0.39, 0.29) is 25.4 Å². The van der Waals surface area contributed by atoms with Gasteiger partial charge in [0.2, 0.25) is 0 Å². The molecule has 1 fully saturated rings. The first kappa shape index (κ1) is 16.0. The highest BCUT2D eigenvalue weighted by atomic mass is 16.5. The maximum absolute atomic E-state index is 12.1. The number of carbonyl (C=O) groups excluding carboxylic acids is 3. The number of hydrogen-bond acceptors (Lipinski definition) is 5. The monoisotopic (exact) mass is 305 g/mol. The number of rotatable bonds is 7. The van der Waals surface area contributed by atoms with Crippen LogP contribution in [0.3, 0.4) is 0 Å². The highest BCUT2D eigenvalue weighted by molar-refractivity contribution is 6.04. The zero-order valence-corrected chi connectivity index (χ0v) is 12.5. The lowest BCUT2D eigenvalue weighted by Crippen LogP contribution is -2.44. The average molecular weight is 305 g/mol. The van der Waals surface area contributed by atoms with E-state index in [1.54, 1.807) is 6.92 Å². The largest absolute Gasteiger partial charge is 0.466 e. The number of hydrogen-bond donors (Lipinski definition) is 1. The van der Waals surface area contributed by atoms with Gasteiger partial charge in [-0.05, 0) is 25.3 Å². The summed E-state index contributed by atoms with van der Waals surface area (Å²) in [6.45, 7) is 2.04. The highest BCUT2D eigenvalue weighted by Gasteiger charge is 2.51. The summed E-state index contributed by atoms with van der Waals surface area (Å²) in [5.74, 6) is -0.902. The molecule has 0 bridgehead atoms. The van der Waals surface area contributed by atoms with Crippen LogP contribution in [0.25, 0.3) is 0 Å². The molecule has 1 saturated carbocycles. The molecule has 0 atom stereocenters. The van der Waals surface area contributed by atoms with E-state index < -0.39 is 17.6 Å². The summed E-state index contributed by atoms with van der Waals surface area (Å²) >= 11 is 0. The van der Waals surface area contributed by atoms with Crippen LogP contribution in [0.2, 0.25) is 0 Å². The van der Waals surface area contributed by atoms with E-state index in [4.69, 9.17) is 9.47 Å². The lowest BCUT2D eigenvalue weighted by atomic mass is 10.1. The van der Waals surface area contributed by atoms with Gasteiger partial charge in [0.25, 0.3) is 0 Å². The summed E-state index contributed by atoms with van der Waals surface area (Å²) in [6, 6.07) is 9.25. The lowest BCUT2D eigenvalue weighted by molar-refractivity contribution is -0.146. The Hall–Kier alpha value is -2.37. The van der Waals surface area contributed by atoms with Gasteiger partial charge in [-0.1, -0.05) is 30.3 Å². The number of Topliss-reactive ketones (excluding diaryl/α,β-unsaturated/α-hetero) is 1. The molecule has 6 heteroatoms. The Kier molecular flexibility index (Phi) is 5.14. The molecule has 0 unspecified atom stereocenters. The zero-order valence-electron chi connectivity index (χ0n) is 12.5. The second-order valence-corrected chi connectivity index (χ2v) is 5.17. The normalized spacial score (nSPS) is 14.8. The number of benzene rings is 1. The van der Waals surface area contributed by atoms with Crippen LogP contribution < -0.4 is 5.32 Å². The van der Waals surface area contributed by atoms with Crippen LogP contribution in [0.1, 0.15) is 31.7 Å². The Morgan fingerprint density at radius 3 is 2.41 bits per heavy atom. The maximum Gasteiger partial charge on any atom is 0.408 e. The number of amides is 1. The van der Waals surface area contributed by atoms with Gasteiger partial charge in [0.15, 0.2) is 5.78 Å². The second kappa shape index (κ2) is 7.06. The first-order valence-corrected chi connectivity index (χ1v) is 7.23. The molecule has 1 aromatic rings. The number of esters is 1. The predicted molar refractivity (Wildman–Crippen MR) is 78.0 cm³/mol. The minimum absolute atomic E-state index is 0.134. The van der Waals surface area contributed by atoms with Gasteiger partial charge in [-0.25, -0.2) is 4.79 Å². The Morgan fingerprint density at radius 1 is 1.14 bits per heavy atom. The van der Waals surface area contributed by atoms with Crippen molar-refractivity contribution in [1.82, 2.24) is 5.32 Å². The standard InChI is InChI=1S/C16H19NO5/c1-2-21-14(19)10-13(18)16(8-9-16)17-15(20)22-11-12-6-4-3-5-7-12/h3-7H,2,8-11H2,1H3,(H,17,20). The van der Waals surface area contributed by atoms with Gasteiger partial charge in [0.1, 0.15) is 18.6 Å². The van der Waals surface area contributed by atoms with Crippen molar-refractivity contribution in [3.05, 3.63) is 35.9 Å². The van der Waals surface area contributed by atoms with E-state index >= 15 is 0 Å². The van der Waals surface area contributed by atoms with E-state index in [0.29, 0.717) is 12.8 Å². The molecule has 22 heavy (non-hydrogen) atoms. The average Bonchev–Trinajstić information content (AvgIpc) is 3.27. The van der Waals surface area contributed by atoms with E-state index in [0.717, 1.165) is 5.56 Å². The van der Waals surface area contributed by atoms with Gasteiger partial charge in [0, 0.05) is 0 Å². The molecule has 0 heterocycles. The van der Waals surface area contributed by atoms with Gasteiger partial charge in [-0.3, -0.25) is 9.59 Å². The van der Waals surface area contributed by atoms with Crippen molar-refractivity contribution in [2.45, 2.75) is 38.3 Å². The van der Waals surface area contributed by atoms with Crippen molar-refractivity contribution in [3.8, 4) is 0 Å².